The molecule has 0 fully saturated rings. The normalized spacial score (nSPS) is 13.7. The lowest BCUT2D eigenvalue weighted by Crippen LogP contribution is -2.32. The summed E-state index contributed by atoms with van der Waals surface area (Å²) in [5, 5.41) is 8.88. The highest BCUT2D eigenvalue weighted by Crippen LogP contribution is 2.26. The van der Waals surface area contributed by atoms with Gasteiger partial charge < -0.3 is 4.90 Å². The summed E-state index contributed by atoms with van der Waals surface area (Å²) in [5.41, 5.74) is 1.46. The second-order valence-corrected chi connectivity index (χ2v) is 4.90. The van der Waals surface area contributed by atoms with Gasteiger partial charge in [0.05, 0.1) is 11.1 Å². The van der Waals surface area contributed by atoms with Crippen LogP contribution in [0.3, 0.4) is 0 Å². The molecule has 0 N–H and O–H groups in total. The molecular weight excluding hydrogens is 269 g/mol. The van der Waals surface area contributed by atoms with Crippen molar-refractivity contribution in [1.29, 1.82) is 5.26 Å². The minimum absolute atomic E-state index is 0.0295. The van der Waals surface area contributed by atoms with Crippen molar-refractivity contribution in [3.63, 3.8) is 0 Å². The van der Waals surface area contributed by atoms with Crippen LogP contribution < -0.4 is 4.90 Å². The minimum atomic E-state index is -0.520. The largest absolute Gasteiger partial charge is 0.351 e. The molecule has 0 saturated heterocycles. The number of pyridine rings is 1. The summed E-state index contributed by atoms with van der Waals surface area (Å²) < 4.78 is 13.3. The van der Waals surface area contributed by atoms with Crippen LogP contribution >= 0.6 is 0 Å². The Kier molecular flexibility index (Phi) is 3.36. The molecule has 1 aromatic carbocycles. The molecule has 0 bridgehead atoms. The Hall–Kier alpha value is -2.74. The number of ketones is 1. The van der Waals surface area contributed by atoms with E-state index in [0.29, 0.717) is 30.9 Å². The van der Waals surface area contributed by atoms with Crippen molar-refractivity contribution in [1.82, 2.24) is 4.98 Å². The molecule has 2 heterocycles. The van der Waals surface area contributed by atoms with Crippen LogP contribution in [0.5, 0.6) is 0 Å². The van der Waals surface area contributed by atoms with Gasteiger partial charge in [0.1, 0.15) is 17.7 Å². The van der Waals surface area contributed by atoms with Crippen molar-refractivity contribution in [2.45, 2.75) is 13.0 Å². The molecule has 1 aliphatic heterocycles. The fourth-order valence-electron chi connectivity index (χ4n) is 2.47. The fourth-order valence-corrected chi connectivity index (χ4v) is 2.47. The summed E-state index contributed by atoms with van der Waals surface area (Å²) in [4.78, 5) is 18.1. The summed E-state index contributed by atoms with van der Waals surface area (Å²) in [6.45, 7) is 1.06. The van der Waals surface area contributed by atoms with Gasteiger partial charge in [-0.25, -0.2) is 9.37 Å². The number of nitrogens with zero attached hydrogens (tertiary/aromatic N) is 3. The zero-order chi connectivity index (χ0) is 14.8. The summed E-state index contributed by atoms with van der Waals surface area (Å²) in [6, 6.07) is 9.82. The Morgan fingerprint density at radius 1 is 1.38 bits per heavy atom. The van der Waals surface area contributed by atoms with Crippen molar-refractivity contribution in [3.05, 3.63) is 59.0 Å². The molecule has 0 aliphatic carbocycles. The number of carbonyl (C=O) groups is 1. The van der Waals surface area contributed by atoms with Crippen LogP contribution in [0.15, 0.2) is 36.5 Å². The first-order valence-corrected chi connectivity index (χ1v) is 6.61. The third kappa shape index (κ3) is 2.48. The highest BCUT2D eigenvalue weighted by Gasteiger charge is 2.24. The minimum Gasteiger partial charge on any atom is -0.351 e. The highest BCUT2D eigenvalue weighted by atomic mass is 19.1. The van der Waals surface area contributed by atoms with Gasteiger partial charge in [-0.1, -0.05) is 6.07 Å². The lowest BCUT2D eigenvalue weighted by molar-refractivity contribution is 0.0979. The Morgan fingerprint density at radius 3 is 3.05 bits per heavy atom. The molecule has 0 unspecified atom stereocenters. The average Bonchev–Trinajstić information content (AvgIpc) is 2.52. The molecule has 0 amide bonds. The highest BCUT2D eigenvalue weighted by molar-refractivity contribution is 6.02. The molecule has 0 radical (unpaired) electrons. The second kappa shape index (κ2) is 5.33. The van der Waals surface area contributed by atoms with E-state index in [4.69, 9.17) is 5.26 Å². The van der Waals surface area contributed by atoms with E-state index in [-0.39, 0.29) is 11.3 Å². The van der Waals surface area contributed by atoms with E-state index in [9.17, 15) is 9.18 Å². The van der Waals surface area contributed by atoms with Gasteiger partial charge in [-0.2, -0.15) is 5.26 Å². The van der Waals surface area contributed by atoms with Gasteiger partial charge in [-0.15, -0.1) is 0 Å². The number of halogens is 1. The van der Waals surface area contributed by atoms with Crippen molar-refractivity contribution in [3.8, 4) is 6.07 Å². The average molecular weight is 281 g/mol. The van der Waals surface area contributed by atoms with Crippen LogP contribution in [-0.2, 0) is 6.54 Å². The fraction of sp³-hybridized carbons (Fsp3) is 0.188. The molecular formula is C16H12FN3O. The van der Waals surface area contributed by atoms with E-state index in [1.807, 2.05) is 11.0 Å². The molecule has 1 aromatic heterocycles. The Morgan fingerprint density at radius 2 is 2.24 bits per heavy atom. The van der Waals surface area contributed by atoms with Gasteiger partial charge in [0, 0.05) is 25.7 Å². The molecule has 104 valence electrons. The lowest BCUT2D eigenvalue weighted by Gasteiger charge is -2.29. The topological polar surface area (TPSA) is 57.0 Å². The van der Waals surface area contributed by atoms with E-state index in [0.717, 1.165) is 5.56 Å². The number of benzene rings is 1. The van der Waals surface area contributed by atoms with Gasteiger partial charge in [0.25, 0.3) is 0 Å². The number of anilines is 1. The first-order chi connectivity index (χ1) is 10.2. The van der Waals surface area contributed by atoms with Gasteiger partial charge >= 0.3 is 0 Å². The smallest absolute Gasteiger partial charge is 0.168 e. The van der Waals surface area contributed by atoms with Crippen LogP contribution in [0.1, 0.15) is 27.9 Å². The van der Waals surface area contributed by atoms with Crippen molar-refractivity contribution in [2.24, 2.45) is 0 Å². The maximum Gasteiger partial charge on any atom is 0.168 e. The molecule has 1 aliphatic rings. The Bertz CT molecular complexity index is 751. The molecule has 4 nitrogen and oxygen atoms in total. The van der Waals surface area contributed by atoms with E-state index < -0.39 is 5.82 Å². The molecule has 0 spiro atoms. The van der Waals surface area contributed by atoms with Crippen molar-refractivity contribution in [2.75, 3.05) is 11.4 Å². The van der Waals surface area contributed by atoms with Crippen molar-refractivity contribution >= 4 is 11.6 Å². The predicted octanol–water partition coefficient (Wildman–Crippen LogP) is 2.69. The second-order valence-electron chi connectivity index (χ2n) is 4.90. The van der Waals surface area contributed by atoms with E-state index in [1.165, 1.54) is 12.1 Å². The van der Waals surface area contributed by atoms with Crippen LogP contribution in [0, 0.1) is 17.1 Å². The number of hydrogen-bond donors (Lipinski definition) is 0. The quantitative estimate of drug-likeness (QED) is 0.849. The third-order valence-electron chi connectivity index (χ3n) is 3.52. The first kappa shape index (κ1) is 13.3. The van der Waals surface area contributed by atoms with Gasteiger partial charge in [-0.05, 0) is 29.8 Å². The van der Waals surface area contributed by atoms with Crippen LogP contribution in [-0.4, -0.2) is 17.3 Å². The first-order valence-electron chi connectivity index (χ1n) is 6.61. The zero-order valence-corrected chi connectivity index (χ0v) is 11.2. The summed E-state index contributed by atoms with van der Waals surface area (Å²) >= 11 is 0. The zero-order valence-electron chi connectivity index (χ0n) is 11.2. The van der Waals surface area contributed by atoms with Gasteiger partial charge in [0.2, 0.25) is 0 Å². The molecule has 0 saturated carbocycles. The van der Waals surface area contributed by atoms with Crippen molar-refractivity contribution < 1.29 is 9.18 Å². The Balaban J connectivity index is 1.91. The standard InChI is InChI=1S/C16H12FN3O/c17-14-4-3-11(8-12(14)9-18)10-20-7-5-15(21)13-2-1-6-19-16(13)20/h1-4,6,8H,5,7,10H2. The molecule has 3 rings (SSSR count). The number of carbonyl (C=O) groups excluding carboxylic acids is 1. The Labute approximate surface area is 121 Å². The lowest BCUT2D eigenvalue weighted by atomic mass is 10.0. The third-order valence-corrected chi connectivity index (χ3v) is 3.52. The number of aromatic nitrogens is 1. The molecule has 0 atom stereocenters. The van der Waals surface area contributed by atoms with E-state index >= 15 is 0 Å². The number of rotatable bonds is 2. The van der Waals surface area contributed by atoms with Crippen LogP contribution in [0.2, 0.25) is 0 Å². The monoisotopic (exact) mass is 281 g/mol. The summed E-state index contributed by atoms with van der Waals surface area (Å²) in [7, 11) is 0. The van der Waals surface area contributed by atoms with Crippen LogP contribution in [0.4, 0.5) is 10.2 Å². The van der Waals surface area contributed by atoms with E-state index in [2.05, 4.69) is 4.98 Å². The van der Waals surface area contributed by atoms with Gasteiger partial charge in [0.15, 0.2) is 5.78 Å². The predicted molar refractivity (Wildman–Crippen MR) is 75.3 cm³/mol. The van der Waals surface area contributed by atoms with Crippen LogP contribution in [0.25, 0.3) is 0 Å². The number of hydrogen-bond acceptors (Lipinski definition) is 4. The molecule has 5 heteroatoms. The number of nitriles is 1. The molecule has 21 heavy (non-hydrogen) atoms. The number of Topliss-reactive ketones (excluding diaryl/α,β-unsaturated/α-hetero) is 1. The molecule has 2 aromatic rings. The number of fused-ring (bicyclic) bond motifs is 1. The maximum atomic E-state index is 13.3. The SMILES string of the molecule is N#Cc1cc(CN2CCC(=O)c3cccnc32)ccc1F. The van der Waals surface area contributed by atoms with Gasteiger partial charge in [-0.3, -0.25) is 4.79 Å². The summed E-state index contributed by atoms with van der Waals surface area (Å²) in [5.74, 6) is 0.219. The maximum absolute atomic E-state index is 13.3. The summed E-state index contributed by atoms with van der Waals surface area (Å²) in [6.07, 6.45) is 2.08. The van der Waals surface area contributed by atoms with E-state index in [1.54, 1.807) is 24.4 Å².